The third-order valence-corrected chi connectivity index (χ3v) is 6.01. The van der Waals surface area contributed by atoms with Crippen molar-refractivity contribution in [2.45, 2.75) is 23.7 Å². The fourth-order valence-corrected chi connectivity index (χ4v) is 5.20. The van der Waals surface area contributed by atoms with E-state index in [0.717, 1.165) is 5.56 Å². The Bertz CT molecular complexity index is 838. The number of hydrogen-bond donors (Lipinski definition) is 0. The van der Waals surface area contributed by atoms with Crippen LogP contribution < -0.4 is 4.74 Å². The van der Waals surface area contributed by atoms with Crippen molar-refractivity contribution >= 4 is 37.8 Å². The van der Waals surface area contributed by atoms with Gasteiger partial charge in [0.25, 0.3) is 0 Å². The van der Waals surface area contributed by atoms with Crippen LogP contribution >= 0.6 is 31.9 Å². The summed E-state index contributed by atoms with van der Waals surface area (Å²) >= 11 is 7.05. The predicted octanol–water partition coefficient (Wildman–Crippen LogP) is 5.70. The molecule has 0 aromatic heterocycles. The molecule has 3 unspecified atom stereocenters. The van der Waals surface area contributed by atoms with Crippen molar-refractivity contribution in [3.05, 3.63) is 66.2 Å². The first kappa shape index (κ1) is 20.0. The molecule has 0 N–H and O–H groups in total. The first-order chi connectivity index (χ1) is 12.9. The Morgan fingerprint density at radius 2 is 1.63 bits per heavy atom. The molecule has 3 rings (SSSR count). The van der Waals surface area contributed by atoms with Gasteiger partial charge in [0.2, 0.25) is 0 Å². The summed E-state index contributed by atoms with van der Waals surface area (Å²) in [6.07, 6.45) is 2.00. The zero-order valence-corrected chi connectivity index (χ0v) is 18.2. The third kappa shape index (κ3) is 4.75. The summed E-state index contributed by atoms with van der Waals surface area (Å²) in [5.74, 6) is 3.34. The van der Waals surface area contributed by atoms with Crippen LogP contribution in [-0.4, -0.2) is 9.71 Å². The molecule has 3 atom stereocenters. The second kappa shape index (κ2) is 8.50. The third-order valence-electron chi connectivity index (χ3n) is 4.87. The molecule has 2 aromatic carbocycles. The van der Waals surface area contributed by atoms with Crippen LogP contribution in [0.2, 0.25) is 0 Å². The Balaban J connectivity index is 1.75. The van der Waals surface area contributed by atoms with Gasteiger partial charge in [-0.05, 0) is 23.5 Å². The molecule has 1 saturated carbocycles. The van der Waals surface area contributed by atoms with Crippen LogP contribution in [0.25, 0.3) is 0 Å². The lowest BCUT2D eigenvalue weighted by Crippen LogP contribution is -2.15. The van der Waals surface area contributed by atoms with Crippen LogP contribution in [0.1, 0.15) is 25.5 Å². The maximum atomic E-state index is 12.8. The minimum Gasteiger partial charge on any atom is -0.444 e. The number of ether oxygens (including phenoxy) is 2. The van der Waals surface area contributed by atoms with Crippen LogP contribution in [0.15, 0.2) is 60.7 Å². The molecule has 0 saturated heterocycles. The van der Waals surface area contributed by atoms with Gasteiger partial charge in [0.1, 0.15) is 11.9 Å². The molecular formula is C22H20Br2O3. The van der Waals surface area contributed by atoms with Gasteiger partial charge in [-0.15, -0.1) is 0 Å². The average molecular weight is 492 g/mol. The maximum Gasteiger partial charge on any atom is 0.311 e. The smallest absolute Gasteiger partial charge is 0.311 e. The minimum absolute atomic E-state index is 0.0697. The topological polar surface area (TPSA) is 35.5 Å². The number of rotatable bonds is 5. The molecule has 1 aliphatic carbocycles. The summed E-state index contributed by atoms with van der Waals surface area (Å²) in [5, 5.41) is 0. The Morgan fingerprint density at radius 3 is 2.19 bits per heavy atom. The second-order valence-electron chi connectivity index (χ2n) is 7.05. The molecule has 5 heteroatoms. The molecule has 0 radical (unpaired) electrons. The van der Waals surface area contributed by atoms with Gasteiger partial charge >= 0.3 is 5.97 Å². The van der Waals surface area contributed by atoms with Crippen molar-refractivity contribution in [1.29, 1.82) is 0 Å². The van der Waals surface area contributed by atoms with E-state index in [1.54, 1.807) is 0 Å². The summed E-state index contributed by atoms with van der Waals surface area (Å²) in [7, 11) is 0. The van der Waals surface area contributed by atoms with Gasteiger partial charge < -0.3 is 9.47 Å². The monoisotopic (exact) mass is 490 g/mol. The summed E-state index contributed by atoms with van der Waals surface area (Å²) in [5.41, 5.74) is 0.698. The van der Waals surface area contributed by atoms with E-state index < -0.39 is 6.10 Å². The van der Waals surface area contributed by atoms with E-state index in [1.807, 2.05) is 60.7 Å². The van der Waals surface area contributed by atoms with Gasteiger partial charge in [-0.1, -0.05) is 94.2 Å². The van der Waals surface area contributed by atoms with E-state index >= 15 is 0 Å². The number of carbonyl (C=O) groups is 1. The van der Waals surface area contributed by atoms with Crippen LogP contribution in [0.4, 0.5) is 0 Å². The molecule has 0 heterocycles. The minimum atomic E-state index is -0.677. The van der Waals surface area contributed by atoms with Crippen LogP contribution in [0.5, 0.6) is 5.75 Å². The molecule has 0 aliphatic heterocycles. The van der Waals surface area contributed by atoms with E-state index in [1.165, 1.54) is 0 Å². The summed E-state index contributed by atoms with van der Waals surface area (Å²) in [4.78, 5) is 12.8. The zero-order chi connectivity index (χ0) is 19.4. The van der Waals surface area contributed by atoms with Gasteiger partial charge in [0.05, 0.1) is 9.65 Å². The summed E-state index contributed by atoms with van der Waals surface area (Å²) in [6, 6.07) is 18.8. The molecule has 2 aromatic rings. The Kier molecular flexibility index (Phi) is 6.29. The first-order valence-electron chi connectivity index (χ1n) is 8.67. The number of carbonyl (C=O) groups excluding carboxylic acids is 1. The van der Waals surface area contributed by atoms with E-state index in [4.69, 9.17) is 9.47 Å². The molecule has 140 valence electrons. The van der Waals surface area contributed by atoms with E-state index in [0.29, 0.717) is 5.75 Å². The highest BCUT2D eigenvalue weighted by Gasteiger charge is 2.64. The molecule has 1 fully saturated rings. The Hall–Kier alpha value is -1.77. The SMILES string of the molecule is CC1(C)C(C(=O)OC(C#COc2ccccc2)c2ccccc2)C1C(Br)Br. The lowest BCUT2D eigenvalue weighted by Gasteiger charge is -2.13. The molecule has 1 aliphatic rings. The van der Waals surface area contributed by atoms with Gasteiger partial charge in [-0.2, -0.15) is 0 Å². The van der Waals surface area contributed by atoms with Crippen LogP contribution in [-0.2, 0) is 9.53 Å². The van der Waals surface area contributed by atoms with E-state index in [9.17, 15) is 4.79 Å². The highest BCUT2D eigenvalue weighted by Crippen LogP contribution is 2.63. The van der Waals surface area contributed by atoms with Crippen molar-refractivity contribution in [1.82, 2.24) is 0 Å². The molecule has 0 spiro atoms. The van der Waals surface area contributed by atoms with Crippen molar-refractivity contribution in [2.75, 3.05) is 0 Å². The molecule has 27 heavy (non-hydrogen) atoms. The van der Waals surface area contributed by atoms with Crippen molar-refractivity contribution in [3.63, 3.8) is 0 Å². The van der Waals surface area contributed by atoms with Crippen LogP contribution in [0, 0.1) is 29.3 Å². The fourth-order valence-electron chi connectivity index (χ4n) is 3.23. The molecular weight excluding hydrogens is 472 g/mol. The van der Waals surface area contributed by atoms with Gasteiger partial charge in [0, 0.05) is 11.5 Å². The number of alkyl halides is 2. The highest BCUT2D eigenvalue weighted by molar-refractivity contribution is 9.24. The van der Waals surface area contributed by atoms with Crippen molar-refractivity contribution < 1.29 is 14.3 Å². The number of benzene rings is 2. The molecule has 3 nitrogen and oxygen atoms in total. The Labute approximate surface area is 176 Å². The highest BCUT2D eigenvalue weighted by atomic mass is 79.9. The number of para-hydroxylation sites is 1. The molecule has 0 bridgehead atoms. The van der Waals surface area contributed by atoms with Gasteiger partial charge in [-0.3, -0.25) is 4.79 Å². The predicted molar refractivity (Wildman–Crippen MR) is 113 cm³/mol. The number of halogens is 2. The first-order valence-corrected chi connectivity index (χ1v) is 10.5. The largest absolute Gasteiger partial charge is 0.444 e. The van der Waals surface area contributed by atoms with E-state index in [-0.39, 0.29) is 27.0 Å². The zero-order valence-electron chi connectivity index (χ0n) is 15.1. The summed E-state index contributed by atoms with van der Waals surface area (Å²) < 4.78 is 11.3. The normalized spacial score (nSPS) is 20.9. The van der Waals surface area contributed by atoms with Gasteiger partial charge in [0.15, 0.2) is 6.10 Å². The fraction of sp³-hybridized carbons (Fsp3) is 0.318. The quantitative estimate of drug-likeness (QED) is 0.306. The van der Waals surface area contributed by atoms with E-state index in [2.05, 4.69) is 57.7 Å². The molecule has 0 amide bonds. The number of hydrogen-bond acceptors (Lipinski definition) is 3. The summed E-state index contributed by atoms with van der Waals surface area (Å²) in [6.45, 7) is 4.14. The average Bonchev–Trinajstić information content (AvgIpc) is 3.25. The lowest BCUT2D eigenvalue weighted by atomic mass is 10.1. The van der Waals surface area contributed by atoms with Crippen LogP contribution in [0.3, 0.4) is 0 Å². The lowest BCUT2D eigenvalue weighted by molar-refractivity contribution is -0.149. The number of esters is 1. The van der Waals surface area contributed by atoms with Gasteiger partial charge in [-0.25, -0.2) is 0 Å². The second-order valence-corrected chi connectivity index (χ2v) is 10.3. The Morgan fingerprint density at radius 1 is 1.04 bits per heavy atom. The maximum absolute atomic E-state index is 12.8. The standard InChI is InChI=1S/C22H20Br2O3/c1-22(2)18(20(23)24)19(22)21(25)27-17(15-9-5-3-6-10-15)13-14-26-16-11-7-4-8-12-16/h3-12,17-20H,1-2H3. The van der Waals surface area contributed by atoms with Crippen molar-refractivity contribution in [2.24, 2.45) is 17.3 Å². The van der Waals surface area contributed by atoms with Crippen molar-refractivity contribution in [3.8, 4) is 17.8 Å².